The Hall–Kier alpha value is -4.56. The van der Waals surface area contributed by atoms with Gasteiger partial charge in [-0.15, -0.1) is 0 Å². The fourth-order valence-corrected chi connectivity index (χ4v) is 6.70. The van der Waals surface area contributed by atoms with Gasteiger partial charge in [0.15, 0.2) is 0 Å². The third-order valence-corrected chi connectivity index (χ3v) is 8.68. The summed E-state index contributed by atoms with van der Waals surface area (Å²) >= 11 is 0. The van der Waals surface area contributed by atoms with Crippen molar-refractivity contribution >= 4 is 27.5 Å². The van der Waals surface area contributed by atoms with Crippen molar-refractivity contribution in [2.45, 2.75) is 60.3 Å². The molecule has 0 atom stereocenters. The molecule has 0 aliphatic heterocycles. The maximum atomic E-state index is 3.84. The Morgan fingerprint density at radius 3 is 2.27 bits per heavy atom. The number of benzene rings is 3. The van der Waals surface area contributed by atoms with Crippen LogP contribution in [0, 0.1) is 5.41 Å². The molecule has 0 saturated carbocycles. The zero-order valence-electron chi connectivity index (χ0n) is 27.0. The van der Waals surface area contributed by atoms with Crippen molar-refractivity contribution in [1.29, 1.82) is 0 Å². The molecule has 224 valence electrons. The van der Waals surface area contributed by atoms with E-state index in [9.17, 15) is 0 Å². The quantitative estimate of drug-likeness (QED) is 0.255. The molecule has 0 spiro atoms. The van der Waals surface area contributed by atoms with Crippen LogP contribution in [0.4, 0.5) is 5.69 Å². The Kier molecular flexibility index (Phi) is 9.70. The summed E-state index contributed by atoms with van der Waals surface area (Å²) in [5, 5.41) is 6.11. The van der Waals surface area contributed by atoms with Gasteiger partial charge < -0.3 is 9.88 Å². The number of fused-ring (bicyclic) bond motifs is 3. The van der Waals surface area contributed by atoms with Crippen LogP contribution in [0.3, 0.4) is 0 Å². The average molecular weight is 579 g/mol. The van der Waals surface area contributed by atoms with Crippen LogP contribution in [0.5, 0.6) is 0 Å². The van der Waals surface area contributed by atoms with E-state index in [1.165, 1.54) is 62.8 Å². The molecule has 44 heavy (non-hydrogen) atoms. The maximum Gasteiger partial charge on any atom is 0.0542 e. The molecule has 0 unspecified atom stereocenters. The lowest BCUT2D eigenvalue weighted by Crippen LogP contribution is -2.12. The first-order chi connectivity index (χ1) is 21.5. The Balaban J connectivity index is 0.000000184. The van der Waals surface area contributed by atoms with E-state index in [4.69, 9.17) is 0 Å². The van der Waals surface area contributed by atoms with Gasteiger partial charge in [-0.25, -0.2) is 0 Å². The van der Waals surface area contributed by atoms with Gasteiger partial charge in [-0.2, -0.15) is 0 Å². The van der Waals surface area contributed by atoms with E-state index in [1.54, 1.807) is 5.57 Å². The molecule has 0 saturated heterocycles. The number of para-hydroxylation sites is 2. The topological polar surface area (TPSA) is 17.0 Å². The maximum absolute atomic E-state index is 3.84. The van der Waals surface area contributed by atoms with E-state index in [1.807, 2.05) is 19.9 Å². The van der Waals surface area contributed by atoms with Crippen molar-refractivity contribution in [3.05, 3.63) is 156 Å². The van der Waals surface area contributed by atoms with Crippen LogP contribution in [-0.4, -0.2) is 4.57 Å². The van der Waals surface area contributed by atoms with Crippen molar-refractivity contribution in [1.82, 2.24) is 4.57 Å². The van der Waals surface area contributed by atoms with E-state index in [0.717, 1.165) is 18.5 Å². The molecule has 1 heterocycles. The van der Waals surface area contributed by atoms with Crippen LogP contribution < -0.4 is 5.32 Å². The average Bonchev–Trinajstić information content (AvgIpc) is 3.51. The second-order valence-corrected chi connectivity index (χ2v) is 11.7. The van der Waals surface area contributed by atoms with Gasteiger partial charge in [0.25, 0.3) is 0 Å². The van der Waals surface area contributed by atoms with E-state index in [-0.39, 0.29) is 5.41 Å². The number of hydrogen-bond acceptors (Lipinski definition) is 1. The van der Waals surface area contributed by atoms with Crippen molar-refractivity contribution in [3.8, 4) is 5.69 Å². The van der Waals surface area contributed by atoms with Gasteiger partial charge in [0.05, 0.1) is 11.0 Å². The third kappa shape index (κ3) is 5.95. The molecule has 1 aromatic heterocycles. The predicted molar refractivity (Wildman–Crippen MR) is 193 cm³/mol. The van der Waals surface area contributed by atoms with E-state index >= 15 is 0 Å². The summed E-state index contributed by atoms with van der Waals surface area (Å²) in [5.41, 5.74) is 12.0. The van der Waals surface area contributed by atoms with E-state index in [2.05, 4.69) is 153 Å². The van der Waals surface area contributed by atoms with Crippen LogP contribution >= 0.6 is 0 Å². The molecule has 4 aromatic rings. The van der Waals surface area contributed by atoms with Crippen molar-refractivity contribution in [2.24, 2.45) is 5.41 Å². The Labute approximate surface area is 264 Å². The molecule has 3 aliphatic carbocycles. The highest BCUT2D eigenvalue weighted by molar-refractivity contribution is 6.10. The Morgan fingerprint density at radius 2 is 1.55 bits per heavy atom. The summed E-state index contributed by atoms with van der Waals surface area (Å²) in [6, 6.07) is 25.9. The zero-order valence-corrected chi connectivity index (χ0v) is 27.0. The van der Waals surface area contributed by atoms with Crippen molar-refractivity contribution in [3.63, 3.8) is 0 Å². The number of nitrogens with one attached hydrogen (secondary N) is 1. The first-order valence-corrected chi connectivity index (χ1v) is 16.2. The summed E-state index contributed by atoms with van der Waals surface area (Å²) in [4.78, 5) is 0. The molecule has 0 fully saturated rings. The summed E-state index contributed by atoms with van der Waals surface area (Å²) in [6.07, 6.45) is 22.2. The van der Waals surface area contributed by atoms with Gasteiger partial charge >= 0.3 is 0 Å². The van der Waals surface area contributed by atoms with E-state index < -0.39 is 0 Å². The minimum absolute atomic E-state index is 0.141. The molecule has 2 heteroatoms. The Bertz CT molecular complexity index is 1830. The van der Waals surface area contributed by atoms with E-state index in [0.29, 0.717) is 0 Å². The summed E-state index contributed by atoms with van der Waals surface area (Å²) in [7, 11) is 0. The number of hydrogen-bond donors (Lipinski definition) is 1. The van der Waals surface area contributed by atoms with Crippen molar-refractivity contribution in [2.75, 3.05) is 5.32 Å². The highest BCUT2D eigenvalue weighted by atomic mass is 15.0. The second-order valence-electron chi connectivity index (χ2n) is 11.7. The number of allylic oxidation sites excluding steroid dienone is 12. The second kappa shape index (κ2) is 13.8. The van der Waals surface area contributed by atoms with Crippen LogP contribution in [0.2, 0.25) is 0 Å². The summed E-state index contributed by atoms with van der Waals surface area (Å²) < 4.78 is 2.34. The van der Waals surface area contributed by atoms with Gasteiger partial charge in [0.1, 0.15) is 0 Å². The predicted octanol–water partition coefficient (Wildman–Crippen LogP) is 12.2. The van der Waals surface area contributed by atoms with Crippen LogP contribution in [0.1, 0.15) is 60.3 Å². The lowest BCUT2D eigenvalue weighted by atomic mass is 9.80. The minimum Gasteiger partial charge on any atom is -0.356 e. The smallest absolute Gasteiger partial charge is 0.0542 e. The summed E-state index contributed by atoms with van der Waals surface area (Å²) in [5.74, 6) is 0. The molecule has 2 nitrogen and oxygen atoms in total. The highest BCUT2D eigenvalue weighted by Gasteiger charge is 2.38. The zero-order chi connectivity index (χ0) is 31.1. The minimum atomic E-state index is 0.141. The SMILES string of the molecule is C1=CC(Nc2ccc3c(c2)c2ccccc2n3-c2ccccc2)=CCC1.C=C/C=C1\C(=C/C)C2=C(C=CCC2)C1(C)C.CC. The standard InChI is InChI=1S/C24H20N2.C16H20.C2H6/c1-3-9-18(10-4-1)25-19-15-16-24-22(17-19)21-13-7-8-14-23(21)26(24)20-11-5-2-6-12-20;1-5-9-14-12(6-2)13-10-7-8-11-15(13)16(14,3)4;1-2/h2-3,5-17,25H,1,4H2;5-6,8-9,11H,1,7,10H2,2-4H3;1-2H3/b;12-6-,14-9+;. The molecule has 3 aromatic carbocycles. The monoisotopic (exact) mass is 578 g/mol. The number of anilines is 1. The number of aromatic nitrogens is 1. The molecular formula is C42H46N2. The molecule has 7 rings (SSSR count). The Morgan fingerprint density at radius 1 is 0.818 bits per heavy atom. The van der Waals surface area contributed by atoms with Gasteiger partial charge in [-0.1, -0.05) is 113 Å². The van der Waals surface area contributed by atoms with Gasteiger partial charge in [0, 0.05) is 33.3 Å². The van der Waals surface area contributed by atoms with Crippen molar-refractivity contribution < 1.29 is 0 Å². The molecule has 0 amide bonds. The lowest BCUT2D eigenvalue weighted by molar-refractivity contribution is 0.575. The van der Waals surface area contributed by atoms with Gasteiger partial charge in [0.2, 0.25) is 0 Å². The fourth-order valence-electron chi connectivity index (χ4n) is 6.70. The van der Waals surface area contributed by atoms with Gasteiger partial charge in [-0.3, -0.25) is 0 Å². The van der Waals surface area contributed by atoms with Gasteiger partial charge in [-0.05, 0) is 97.4 Å². The number of nitrogens with zero attached hydrogens (tertiary/aromatic N) is 1. The normalized spacial score (nSPS) is 18.4. The lowest BCUT2D eigenvalue weighted by Gasteiger charge is -2.24. The third-order valence-electron chi connectivity index (χ3n) is 8.68. The largest absolute Gasteiger partial charge is 0.356 e. The fraction of sp³-hybridized carbons (Fsp3) is 0.238. The summed E-state index contributed by atoms with van der Waals surface area (Å²) in [6.45, 7) is 14.6. The number of rotatable bonds is 4. The molecule has 3 aliphatic rings. The molecular weight excluding hydrogens is 532 g/mol. The van der Waals surface area contributed by atoms with Crippen LogP contribution in [0.25, 0.3) is 27.5 Å². The molecule has 0 radical (unpaired) electrons. The highest BCUT2D eigenvalue weighted by Crippen LogP contribution is 2.53. The molecule has 1 N–H and O–H groups in total. The van der Waals surface area contributed by atoms with Crippen LogP contribution in [0.15, 0.2) is 156 Å². The molecule has 0 bridgehead atoms. The first kappa shape index (κ1) is 30.9. The first-order valence-electron chi connectivity index (χ1n) is 16.2. The van der Waals surface area contributed by atoms with Crippen LogP contribution in [-0.2, 0) is 0 Å².